The molecule has 1 amide bonds. The Bertz CT molecular complexity index is 1340. The highest BCUT2D eigenvalue weighted by atomic mass is 32.2. The number of nitrogens with one attached hydrogen (secondary N) is 1. The molecule has 8 nitrogen and oxygen atoms in total. The van der Waals surface area contributed by atoms with E-state index in [0.717, 1.165) is 53.5 Å². The molecule has 3 aromatic rings. The van der Waals surface area contributed by atoms with Crippen LogP contribution < -0.4 is 5.32 Å². The summed E-state index contributed by atoms with van der Waals surface area (Å²) in [5, 5.41) is 11.1. The van der Waals surface area contributed by atoms with Gasteiger partial charge in [-0.15, -0.1) is 10.2 Å². The first kappa shape index (κ1) is 24.0. The molecule has 0 fully saturated rings. The number of carbonyl (C=O) groups is 1. The summed E-state index contributed by atoms with van der Waals surface area (Å²) in [6.07, 6.45) is 3.87. The summed E-state index contributed by atoms with van der Waals surface area (Å²) in [5.74, 6) is 0.263. The number of fused-ring (bicyclic) bond motifs is 1. The highest BCUT2D eigenvalue weighted by molar-refractivity contribution is 7.89. The van der Waals surface area contributed by atoms with Crippen molar-refractivity contribution in [2.75, 3.05) is 18.9 Å². The van der Waals surface area contributed by atoms with Gasteiger partial charge < -0.3 is 9.88 Å². The van der Waals surface area contributed by atoms with Crippen molar-refractivity contribution in [1.82, 2.24) is 19.1 Å². The summed E-state index contributed by atoms with van der Waals surface area (Å²) < 4.78 is 43.4. The lowest BCUT2D eigenvalue weighted by Crippen LogP contribution is -2.35. The summed E-state index contributed by atoms with van der Waals surface area (Å²) in [5.41, 5.74) is 2.43. The van der Waals surface area contributed by atoms with E-state index in [-0.39, 0.29) is 17.0 Å². The fraction of sp³-hybridized carbons (Fsp3) is 0.375. The van der Waals surface area contributed by atoms with Crippen LogP contribution in [0, 0.1) is 19.7 Å². The SMILES string of the molecule is Cc1ccc(S(=O)(=O)N(C)CC(=O)Nc2ccc(F)c(-c3nnc4n3CCCCC4)c2)cc1C. The first-order valence-corrected chi connectivity index (χ1v) is 12.7. The molecular formula is C24H28FN5O3S. The van der Waals surface area contributed by atoms with Crippen LogP contribution >= 0.6 is 0 Å². The van der Waals surface area contributed by atoms with Gasteiger partial charge in [0.05, 0.1) is 17.0 Å². The van der Waals surface area contributed by atoms with Crippen molar-refractivity contribution in [3.63, 3.8) is 0 Å². The highest BCUT2D eigenvalue weighted by Crippen LogP contribution is 2.27. The Kier molecular flexibility index (Phi) is 6.81. The van der Waals surface area contributed by atoms with Crippen LogP contribution in [0.2, 0.25) is 0 Å². The minimum Gasteiger partial charge on any atom is -0.325 e. The van der Waals surface area contributed by atoms with Gasteiger partial charge >= 0.3 is 0 Å². The van der Waals surface area contributed by atoms with Gasteiger partial charge in [-0.05, 0) is 68.1 Å². The lowest BCUT2D eigenvalue weighted by atomic mass is 10.1. The predicted octanol–water partition coefficient (Wildman–Crippen LogP) is 3.69. The van der Waals surface area contributed by atoms with Crippen molar-refractivity contribution < 1.29 is 17.6 Å². The van der Waals surface area contributed by atoms with E-state index in [1.54, 1.807) is 12.1 Å². The zero-order valence-electron chi connectivity index (χ0n) is 19.5. The molecule has 1 N–H and O–H groups in total. The standard InChI is InChI=1S/C24H28FN5O3S/c1-16-8-10-19(13-17(16)2)34(32,33)29(3)15-23(31)26-18-9-11-21(25)20(14-18)24-28-27-22-7-5-4-6-12-30(22)24/h8-11,13-14H,4-7,12,15H2,1-3H3,(H,26,31). The lowest BCUT2D eigenvalue weighted by Gasteiger charge is -2.18. The van der Waals surface area contributed by atoms with E-state index in [4.69, 9.17) is 0 Å². The van der Waals surface area contributed by atoms with Crippen LogP contribution in [0.1, 0.15) is 36.2 Å². The molecule has 180 valence electrons. The van der Waals surface area contributed by atoms with Gasteiger partial charge in [-0.3, -0.25) is 4.79 Å². The van der Waals surface area contributed by atoms with Gasteiger partial charge in [-0.2, -0.15) is 4.31 Å². The number of hydrogen-bond acceptors (Lipinski definition) is 5. The lowest BCUT2D eigenvalue weighted by molar-refractivity contribution is -0.116. The Balaban J connectivity index is 1.51. The van der Waals surface area contributed by atoms with Gasteiger partial charge in [0.2, 0.25) is 15.9 Å². The summed E-state index contributed by atoms with van der Waals surface area (Å²) >= 11 is 0. The molecule has 0 bridgehead atoms. The summed E-state index contributed by atoms with van der Waals surface area (Å²) in [6, 6.07) is 9.06. The average molecular weight is 486 g/mol. The second-order valence-corrected chi connectivity index (χ2v) is 10.7. The molecule has 0 saturated carbocycles. The third-order valence-electron chi connectivity index (χ3n) is 6.15. The number of anilines is 1. The zero-order chi connectivity index (χ0) is 24.5. The molecule has 4 rings (SSSR count). The normalized spacial score (nSPS) is 14.0. The molecule has 1 aliphatic rings. The Morgan fingerprint density at radius 2 is 1.88 bits per heavy atom. The Labute approximate surface area is 198 Å². The Hall–Kier alpha value is -3.11. The molecule has 0 unspecified atom stereocenters. The van der Waals surface area contributed by atoms with Gasteiger partial charge in [-0.1, -0.05) is 12.5 Å². The van der Waals surface area contributed by atoms with Crippen LogP contribution in [0.5, 0.6) is 0 Å². The highest BCUT2D eigenvalue weighted by Gasteiger charge is 2.24. The van der Waals surface area contributed by atoms with Crippen LogP contribution in [-0.2, 0) is 27.8 Å². The molecule has 1 aliphatic heterocycles. The van der Waals surface area contributed by atoms with Crippen molar-refractivity contribution in [3.8, 4) is 11.4 Å². The smallest absolute Gasteiger partial charge is 0.243 e. The van der Waals surface area contributed by atoms with E-state index in [0.29, 0.717) is 11.5 Å². The topological polar surface area (TPSA) is 97.2 Å². The van der Waals surface area contributed by atoms with Crippen LogP contribution in [0.15, 0.2) is 41.3 Å². The van der Waals surface area contributed by atoms with E-state index < -0.39 is 21.7 Å². The number of amides is 1. The minimum atomic E-state index is -3.84. The Morgan fingerprint density at radius 3 is 2.65 bits per heavy atom. The van der Waals surface area contributed by atoms with Gasteiger partial charge in [0, 0.05) is 25.7 Å². The zero-order valence-corrected chi connectivity index (χ0v) is 20.3. The van der Waals surface area contributed by atoms with Crippen LogP contribution in [0.3, 0.4) is 0 Å². The number of halogens is 1. The fourth-order valence-electron chi connectivity index (χ4n) is 4.00. The predicted molar refractivity (Wildman–Crippen MR) is 127 cm³/mol. The minimum absolute atomic E-state index is 0.127. The number of hydrogen-bond donors (Lipinski definition) is 1. The van der Waals surface area contributed by atoms with Gasteiger partial charge in [0.25, 0.3) is 0 Å². The number of sulfonamides is 1. The molecule has 1 aromatic heterocycles. The van der Waals surface area contributed by atoms with E-state index in [2.05, 4.69) is 15.5 Å². The summed E-state index contributed by atoms with van der Waals surface area (Å²) in [6.45, 7) is 4.06. The van der Waals surface area contributed by atoms with E-state index >= 15 is 0 Å². The second kappa shape index (κ2) is 9.63. The number of rotatable bonds is 6. The van der Waals surface area contributed by atoms with Crippen LogP contribution in [0.4, 0.5) is 10.1 Å². The maximum Gasteiger partial charge on any atom is 0.243 e. The number of aromatic nitrogens is 3. The third kappa shape index (κ3) is 4.88. The van der Waals surface area contributed by atoms with Crippen molar-refractivity contribution in [2.45, 2.75) is 51.0 Å². The molecule has 2 aromatic carbocycles. The van der Waals surface area contributed by atoms with Crippen molar-refractivity contribution in [2.24, 2.45) is 0 Å². The second-order valence-electron chi connectivity index (χ2n) is 8.65. The van der Waals surface area contributed by atoms with E-state index in [1.165, 1.54) is 31.3 Å². The Morgan fingerprint density at radius 1 is 1.09 bits per heavy atom. The molecule has 0 saturated heterocycles. The van der Waals surface area contributed by atoms with Gasteiger partial charge in [0.15, 0.2) is 5.82 Å². The quantitative estimate of drug-likeness (QED) is 0.574. The van der Waals surface area contributed by atoms with Crippen molar-refractivity contribution >= 4 is 21.6 Å². The van der Waals surface area contributed by atoms with Gasteiger partial charge in [-0.25, -0.2) is 12.8 Å². The molecule has 0 spiro atoms. The van der Waals surface area contributed by atoms with Crippen LogP contribution in [-0.4, -0.2) is 47.0 Å². The fourth-order valence-corrected chi connectivity index (χ4v) is 5.21. The molecule has 2 heterocycles. The number of carbonyl (C=O) groups excluding carboxylic acids is 1. The number of nitrogens with zero attached hydrogens (tertiary/aromatic N) is 4. The maximum absolute atomic E-state index is 14.7. The summed E-state index contributed by atoms with van der Waals surface area (Å²) in [4.78, 5) is 12.8. The van der Waals surface area contributed by atoms with E-state index in [9.17, 15) is 17.6 Å². The monoisotopic (exact) mass is 485 g/mol. The third-order valence-corrected chi connectivity index (χ3v) is 7.95. The van der Waals surface area contributed by atoms with Gasteiger partial charge in [0.1, 0.15) is 11.6 Å². The molecule has 10 heteroatoms. The average Bonchev–Trinajstić information content (AvgIpc) is 3.04. The number of likely N-dealkylation sites (N-methyl/N-ethyl adjacent to an activating group) is 1. The summed E-state index contributed by atoms with van der Waals surface area (Å²) in [7, 11) is -2.49. The first-order valence-electron chi connectivity index (χ1n) is 11.2. The first-order chi connectivity index (χ1) is 16.2. The largest absolute Gasteiger partial charge is 0.325 e. The maximum atomic E-state index is 14.7. The molecule has 0 radical (unpaired) electrons. The number of benzene rings is 2. The number of aryl methyl sites for hydroxylation is 3. The van der Waals surface area contributed by atoms with Crippen molar-refractivity contribution in [3.05, 3.63) is 59.2 Å². The van der Waals surface area contributed by atoms with E-state index in [1.807, 2.05) is 18.4 Å². The van der Waals surface area contributed by atoms with Crippen LogP contribution in [0.25, 0.3) is 11.4 Å². The van der Waals surface area contributed by atoms with Crippen molar-refractivity contribution in [1.29, 1.82) is 0 Å². The molecule has 34 heavy (non-hydrogen) atoms. The molecular weight excluding hydrogens is 457 g/mol. The molecule has 0 atom stereocenters. The molecule has 0 aliphatic carbocycles.